The Morgan fingerprint density at radius 2 is 1.86 bits per heavy atom. The minimum Gasteiger partial charge on any atom is -0.477 e. The summed E-state index contributed by atoms with van der Waals surface area (Å²) in [6.45, 7) is 0.826. The molecule has 0 heterocycles. The Kier molecular flexibility index (Phi) is 7.45. The van der Waals surface area contributed by atoms with Crippen molar-refractivity contribution in [2.45, 2.75) is 13.0 Å². The molecule has 2 aromatic carbocycles. The molecule has 1 N–H and O–H groups in total. The topological polar surface area (TPSA) is 108 Å². The van der Waals surface area contributed by atoms with Crippen LogP contribution in [0, 0.1) is 10.1 Å². The molecule has 28 heavy (non-hydrogen) atoms. The van der Waals surface area contributed by atoms with Crippen LogP contribution in [0.2, 0.25) is 15.1 Å². The Hall–Kier alpha value is -2.55. The highest BCUT2D eigenvalue weighted by Gasteiger charge is 2.19. The maximum absolute atomic E-state index is 12.0. The summed E-state index contributed by atoms with van der Waals surface area (Å²) in [7, 11) is 0. The average Bonchev–Trinajstić information content (AvgIpc) is 2.63. The number of non-ortho nitro benzene ring substituents is 1. The highest BCUT2D eigenvalue weighted by Crippen LogP contribution is 2.28. The molecule has 11 heteroatoms. The van der Waals surface area contributed by atoms with Crippen LogP contribution in [0.25, 0.3) is 0 Å². The number of rotatable bonds is 7. The molecule has 0 aromatic heterocycles. The van der Waals surface area contributed by atoms with Crippen molar-refractivity contribution in [3.63, 3.8) is 0 Å². The van der Waals surface area contributed by atoms with Gasteiger partial charge < -0.3 is 14.8 Å². The normalized spacial score (nSPS) is 11.4. The number of carbonyl (C=O) groups is 2. The van der Waals surface area contributed by atoms with Gasteiger partial charge in [-0.2, -0.15) is 0 Å². The molecule has 0 unspecified atom stereocenters. The molecule has 0 aliphatic heterocycles. The molecule has 0 spiro atoms. The predicted octanol–water partition coefficient (Wildman–Crippen LogP) is 4.50. The third kappa shape index (κ3) is 5.98. The van der Waals surface area contributed by atoms with Crippen molar-refractivity contribution in [1.82, 2.24) is 0 Å². The van der Waals surface area contributed by atoms with E-state index in [1.165, 1.54) is 31.2 Å². The summed E-state index contributed by atoms with van der Waals surface area (Å²) in [5.74, 6) is -1.24. The van der Waals surface area contributed by atoms with E-state index < -0.39 is 29.5 Å². The quantitative estimate of drug-likeness (QED) is 0.380. The first-order valence-electron chi connectivity index (χ1n) is 7.69. The SMILES string of the molecule is C[C@@H](Oc1ccc(Cl)cc1Cl)C(=O)OCC(=O)Nc1ccc([N+](=O)[O-])cc1Cl. The van der Waals surface area contributed by atoms with Gasteiger partial charge in [0, 0.05) is 17.2 Å². The molecule has 2 rings (SSSR count). The lowest BCUT2D eigenvalue weighted by molar-refractivity contribution is -0.384. The number of halogens is 3. The fraction of sp³-hybridized carbons (Fsp3) is 0.176. The molecule has 0 fully saturated rings. The van der Waals surface area contributed by atoms with E-state index in [-0.39, 0.29) is 27.2 Å². The second-order valence-corrected chi connectivity index (χ2v) is 6.66. The number of nitro benzene ring substituents is 1. The zero-order valence-corrected chi connectivity index (χ0v) is 16.5. The van der Waals surface area contributed by atoms with Crippen molar-refractivity contribution in [3.05, 3.63) is 61.6 Å². The molecule has 1 amide bonds. The van der Waals surface area contributed by atoms with Crippen LogP contribution in [0.4, 0.5) is 11.4 Å². The molecule has 0 radical (unpaired) electrons. The van der Waals surface area contributed by atoms with Gasteiger partial charge in [0.25, 0.3) is 11.6 Å². The first kappa shape index (κ1) is 21.7. The van der Waals surface area contributed by atoms with E-state index in [9.17, 15) is 19.7 Å². The molecule has 0 saturated heterocycles. The first-order valence-corrected chi connectivity index (χ1v) is 8.83. The van der Waals surface area contributed by atoms with Gasteiger partial charge in [-0.3, -0.25) is 14.9 Å². The molecule has 0 aliphatic rings. The molecule has 1 atom stereocenters. The zero-order valence-electron chi connectivity index (χ0n) is 14.3. The van der Waals surface area contributed by atoms with Crippen LogP contribution in [0.3, 0.4) is 0 Å². The standard InChI is InChI=1S/C17H13Cl3N2O6/c1-9(28-15-5-2-10(18)6-13(15)20)17(24)27-8-16(23)21-14-4-3-11(22(25)26)7-12(14)19/h2-7,9H,8H2,1H3,(H,21,23)/t9-/m1/s1. The molecule has 0 bridgehead atoms. The second-order valence-electron chi connectivity index (χ2n) is 5.41. The third-order valence-corrected chi connectivity index (χ3v) is 4.16. The van der Waals surface area contributed by atoms with Gasteiger partial charge in [-0.05, 0) is 31.2 Å². The summed E-state index contributed by atoms with van der Waals surface area (Å²) < 4.78 is 10.3. The van der Waals surface area contributed by atoms with Gasteiger partial charge in [0.1, 0.15) is 5.75 Å². The number of benzene rings is 2. The van der Waals surface area contributed by atoms with Crippen LogP contribution in [0.5, 0.6) is 5.75 Å². The van der Waals surface area contributed by atoms with Crippen LogP contribution < -0.4 is 10.1 Å². The predicted molar refractivity (Wildman–Crippen MR) is 104 cm³/mol. The second kappa shape index (κ2) is 9.59. The van der Waals surface area contributed by atoms with Gasteiger partial charge >= 0.3 is 5.97 Å². The molecule has 0 saturated carbocycles. The Morgan fingerprint density at radius 3 is 2.46 bits per heavy atom. The van der Waals surface area contributed by atoms with Gasteiger partial charge in [-0.1, -0.05) is 34.8 Å². The number of carbonyl (C=O) groups excluding carboxylic acids is 2. The molecular weight excluding hydrogens is 435 g/mol. The minimum absolute atomic E-state index is 0.0250. The van der Waals surface area contributed by atoms with Crippen molar-refractivity contribution in [3.8, 4) is 5.75 Å². The summed E-state index contributed by atoms with van der Waals surface area (Å²) in [6.07, 6.45) is -1.03. The summed E-state index contributed by atoms with van der Waals surface area (Å²) in [5.41, 5.74) is -0.0770. The minimum atomic E-state index is -1.03. The Morgan fingerprint density at radius 1 is 1.14 bits per heavy atom. The molecular formula is C17H13Cl3N2O6. The maximum atomic E-state index is 12.0. The lowest BCUT2D eigenvalue weighted by Crippen LogP contribution is -2.29. The number of ether oxygens (including phenoxy) is 2. The summed E-state index contributed by atoms with van der Waals surface area (Å²) >= 11 is 17.6. The molecule has 148 valence electrons. The van der Waals surface area contributed by atoms with E-state index in [1.807, 2.05) is 0 Å². The number of hydrogen-bond donors (Lipinski definition) is 1. The van der Waals surface area contributed by atoms with Gasteiger partial charge in [0.05, 0.1) is 20.7 Å². The Bertz CT molecular complexity index is 922. The fourth-order valence-electron chi connectivity index (χ4n) is 1.97. The van der Waals surface area contributed by atoms with Crippen molar-refractivity contribution in [1.29, 1.82) is 0 Å². The van der Waals surface area contributed by atoms with Crippen LogP contribution in [-0.2, 0) is 14.3 Å². The molecule has 0 aliphatic carbocycles. The number of nitrogens with one attached hydrogen (secondary N) is 1. The van der Waals surface area contributed by atoms with Crippen molar-refractivity contribution in [2.24, 2.45) is 0 Å². The number of hydrogen-bond acceptors (Lipinski definition) is 6. The van der Waals surface area contributed by atoms with E-state index in [1.54, 1.807) is 6.07 Å². The Balaban J connectivity index is 1.88. The lowest BCUT2D eigenvalue weighted by Gasteiger charge is -2.15. The number of nitro groups is 1. The third-order valence-electron chi connectivity index (χ3n) is 3.31. The van der Waals surface area contributed by atoms with E-state index >= 15 is 0 Å². The number of nitrogens with zero attached hydrogens (tertiary/aromatic N) is 1. The van der Waals surface area contributed by atoms with Crippen LogP contribution >= 0.6 is 34.8 Å². The number of amides is 1. The van der Waals surface area contributed by atoms with Gasteiger partial charge in [-0.25, -0.2) is 4.79 Å². The van der Waals surface area contributed by atoms with E-state index in [4.69, 9.17) is 44.3 Å². The van der Waals surface area contributed by atoms with Gasteiger partial charge in [0.15, 0.2) is 12.7 Å². The van der Waals surface area contributed by atoms with E-state index in [0.717, 1.165) is 6.07 Å². The fourth-order valence-corrected chi connectivity index (χ4v) is 2.64. The molecule has 2 aromatic rings. The zero-order chi connectivity index (χ0) is 20.8. The lowest BCUT2D eigenvalue weighted by atomic mass is 10.3. The average molecular weight is 448 g/mol. The Labute approximate surface area is 174 Å². The van der Waals surface area contributed by atoms with Crippen LogP contribution in [0.15, 0.2) is 36.4 Å². The maximum Gasteiger partial charge on any atom is 0.347 e. The van der Waals surface area contributed by atoms with E-state index in [2.05, 4.69) is 5.32 Å². The summed E-state index contributed by atoms with van der Waals surface area (Å²) in [5, 5.41) is 13.7. The van der Waals surface area contributed by atoms with Gasteiger partial charge in [0.2, 0.25) is 0 Å². The smallest absolute Gasteiger partial charge is 0.347 e. The number of esters is 1. The van der Waals surface area contributed by atoms with Crippen molar-refractivity contribution >= 4 is 58.1 Å². The molecule has 8 nitrogen and oxygen atoms in total. The van der Waals surface area contributed by atoms with Crippen LogP contribution in [-0.4, -0.2) is 29.5 Å². The largest absolute Gasteiger partial charge is 0.477 e. The summed E-state index contributed by atoms with van der Waals surface area (Å²) in [4.78, 5) is 33.9. The monoisotopic (exact) mass is 446 g/mol. The van der Waals surface area contributed by atoms with Crippen molar-refractivity contribution in [2.75, 3.05) is 11.9 Å². The van der Waals surface area contributed by atoms with Crippen molar-refractivity contribution < 1.29 is 24.0 Å². The highest BCUT2D eigenvalue weighted by atomic mass is 35.5. The number of anilines is 1. The van der Waals surface area contributed by atoms with Crippen LogP contribution in [0.1, 0.15) is 6.92 Å². The highest BCUT2D eigenvalue weighted by molar-refractivity contribution is 6.35. The van der Waals surface area contributed by atoms with E-state index in [0.29, 0.717) is 5.02 Å². The first-order chi connectivity index (χ1) is 13.2. The summed E-state index contributed by atoms with van der Waals surface area (Å²) in [6, 6.07) is 8.04. The van der Waals surface area contributed by atoms with Gasteiger partial charge in [-0.15, -0.1) is 0 Å².